The van der Waals surface area contributed by atoms with Crippen LogP contribution in [0.3, 0.4) is 0 Å². The second kappa shape index (κ2) is 9.72. The van der Waals surface area contributed by atoms with Gasteiger partial charge in [0.05, 0.1) is 30.0 Å². The Morgan fingerprint density at radius 3 is 2.53 bits per heavy atom. The van der Waals surface area contributed by atoms with Crippen LogP contribution in [0.5, 0.6) is 0 Å². The first-order chi connectivity index (χ1) is 16.2. The van der Waals surface area contributed by atoms with Crippen molar-refractivity contribution < 1.29 is 24.1 Å². The normalized spacial score (nSPS) is 41.2. The number of ether oxygens (including phenoxy) is 3. The van der Waals surface area contributed by atoms with Gasteiger partial charge in [-0.1, -0.05) is 25.5 Å². The van der Waals surface area contributed by atoms with Crippen LogP contribution in [0.15, 0.2) is 11.6 Å². The SMILES string of the molecule is CCN(CC)CC[C@]1([C@H]2CC[C@]3(CO3)[C@@H]([C@@]3(C)O[C@@H]3CC=C(C)C)[C@H]2OC)CCCN1C(=O)O. The average Bonchev–Trinajstić information content (AvgIpc) is 3.66. The average molecular weight is 479 g/mol. The van der Waals surface area contributed by atoms with E-state index < -0.39 is 11.6 Å². The van der Waals surface area contributed by atoms with Gasteiger partial charge < -0.3 is 29.1 Å². The van der Waals surface area contributed by atoms with E-state index in [0.29, 0.717) is 6.54 Å². The third-order valence-electron chi connectivity index (χ3n) is 9.50. The zero-order valence-electron chi connectivity index (χ0n) is 22.1. The van der Waals surface area contributed by atoms with Crippen LogP contribution in [0.1, 0.15) is 73.1 Å². The van der Waals surface area contributed by atoms with Crippen molar-refractivity contribution in [1.82, 2.24) is 9.80 Å². The number of carbonyl (C=O) groups is 1. The number of nitrogens with zero attached hydrogens (tertiary/aromatic N) is 2. The number of methoxy groups -OCH3 is 1. The van der Waals surface area contributed by atoms with Crippen molar-refractivity contribution in [3.63, 3.8) is 0 Å². The molecule has 0 bridgehead atoms. The Kier molecular flexibility index (Phi) is 7.41. The molecule has 7 nitrogen and oxygen atoms in total. The maximum Gasteiger partial charge on any atom is 0.407 e. The number of amides is 1. The molecule has 0 aromatic carbocycles. The summed E-state index contributed by atoms with van der Waals surface area (Å²) in [5, 5.41) is 10.3. The van der Waals surface area contributed by atoms with Crippen molar-refractivity contribution in [2.45, 2.75) is 102 Å². The van der Waals surface area contributed by atoms with E-state index in [1.807, 2.05) is 0 Å². The van der Waals surface area contributed by atoms with E-state index in [-0.39, 0.29) is 35.2 Å². The molecule has 4 aliphatic rings. The summed E-state index contributed by atoms with van der Waals surface area (Å²) in [6, 6.07) is 0. The molecular weight excluding hydrogens is 432 g/mol. The molecule has 1 spiro atoms. The maximum absolute atomic E-state index is 12.5. The molecule has 4 fully saturated rings. The van der Waals surface area contributed by atoms with Crippen LogP contribution in [0.25, 0.3) is 0 Å². The Bertz CT molecular complexity index is 775. The summed E-state index contributed by atoms with van der Waals surface area (Å²) in [7, 11) is 1.81. The van der Waals surface area contributed by atoms with Crippen molar-refractivity contribution in [3.05, 3.63) is 11.6 Å². The highest BCUT2D eigenvalue weighted by Gasteiger charge is 2.73. The number of likely N-dealkylation sites (tertiary alicyclic amines) is 1. The number of epoxide rings is 2. The van der Waals surface area contributed by atoms with Crippen LogP contribution in [-0.4, -0.2) is 89.8 Å². The molecular formula is C27H46N2O5. The van der Waals surface area contributed by atoms with Gasteiger partial charge >= 0.3 is 6.09 Å². The van der Waals surface area contributed by atoms with Gasteiger partial charge in [0.15, 0.2) is 0 Å². The number of carboxylic acid groups (broad SMARTS) is 1. The first-order valence-corrected chi connectivity index (χ1v) is 13.4. The maximum atomic E-state index is 12.5. The third-order valence-corrected chi connectivity index (χ3v) is 9.50. The smallest absolute Gasteiger partial charge is 0.407 e. The molecule has 7 heteroatoms. The summed E-state index contributed by atoms with van der Waals surface area (Å²) in [6.07, 6.45) is 7.01. The number of rotatable bonds is 10. The highest BCUT2D eigenvalue weighted by molar-refractivity contribution is 5.67. The van der Waals surface area contributed by atoms with Gasteiger partial charge in [-0.15, -0.1) is 0 Å². The number of hydrogen-bond donors (Lipinski definition) is 1. The Balaban J connectivity index is 1.66. The van der Waals surface area contributed by atoms with E-state index >= 15 is 0 Å². The van der Waals surface area contributed by atoms with Gasteiger partial charge in [-0.05, 0) is 72.4 Å². The van der Waals surface area contributed by atoms with E-state index in [1.165, 1.54) is 5.57 Å². The zero-order chi connectivity index (χ0) is 24.7. The minimum absolute atomic E-state index is 0.0883. The second-order valence-corrected chi connectivity index (χ2v) is 11.4. The molecule has 1 amide bonds. The minimum Gasteiger partial charge on any atom is -0.465 e. The summed E-state index contributed by atoms with van der Waals surface area (Å²) in [4.78, 5) is 16.7. The number of hydrogen-bond acceptors (Lipinski definition) is 5. The molecule has 194 valence electrons. The van der Waals surface area contributed by atoms with Gasteiger partial charge in [-0.25, -0.2) is 4.79 Å². The summed E-state index contributed by atoms with van der Waals surface area (Å²) in [5.74, 6) is 0.248. The van der Waals surface area contributed by atoms with E-state index in [0.717, 1.165) is 64.8 Å². The fourth-order valence-corrected chi connectivity index (χ4v) is 7.47. The van der Waals surface area contributed by atoms with E-state index in [2.05, 4.69) is 45.6 Å². The summed E-state index contributed by atoms with van der Waals surface area (Å²) < 4.78 is 18.9. The third kappa shape index (κ3) is 4.42. The molecule has 1 aliphatic carbocycles. The predicted molar refractivity (Wildman–Crippen MR) is 132 cm³/mol. The number of allylic oxidation sites excluding steroid dienone is 1. The highest BCUT2D eigenvalue weighted by atomic mass is 16.6. The zero-order valence-corrected chi connectivity index (χ0v) is 22.1. The minimum atomic E-state index is -0.790. The Hall–Kier alpha value is -1.15. The molecule has 1 saturated carbocycles. The van der Waals surface area contributed by atoms with Crippen LogP contribution < -0.4 is 0 Å². The van der Waals surface area contributed by atoms with Gasteiger partial charge in [0.2, 0.25) is 0 Å². The van der Waals surface area contributed by atoms with Gasteiger partial charge in [0.25, 0.3) is 0 Å². The van der Waals surface area contributed by atoms with Crippen molar-refractivity contribution in [1.29, 1.82) is 0 Å². The van der Waals surface area contributed by atoms with Crippen LogP contribution >= 0.6 is 0 Å². The molecule has 0 aromatic heterocycles. The van der Waals surface area contributed by atoms with Crippen molar-refractivity contribution >= 4 is 6.09 Å². The molecule has 3 aliphatic heterocycles. The quantitative estimate of drug-likeness (QED) is 0.366. The lowest BCUT2D eigenvalue weighted by Gasteiger charge is -2.53. The molecule has 1 N–H and O–H groups in total. The fourth-order valence-electron chi connectivity index (χ4n) is 7.47. The monoisotopic (exact) mass is 478 g/mol. The largest absolute Gasteiger partial charge is 0.465 e. The van der Waals surface area contributed by atoms with Crippen LogP contribution in [0.4, 0.5) is 4.79 Å². The highest BCUT2D eigenvalue weighted by Crippen LogP contribution is 2.62. The van der Waals surface area contributed by atoms with Gasteiger partial charge in [-0.3, -0.25) is 0 Å². The molecule has 4 rings (SSSR count). The standard InChI is InChI=1S/C27H46N2O5/c1-7-28(8-2)17-15-26(13-9-16-29(26)24(30)31)20-12-14-27(18-33-27)23(22(20)32-6)25(5)21(34-25)11-10-19(3)4/h10,20-23H,7-9,11-18H2,1-6H3,(H,30,31)/t20-,21+,22-,23+,25-,26-,27-/m0/s1. The van der Waals surface area contributed by atoms with Gasteiger partial charge in [-0.2, -0.15) is 0 Å². The first-order valence-electron chi connectivity index (χ1n) is 13.4. The second-order valence-electron chi connectivity index (χ2n) is 11.4. The van der Waals surface area contributed by atoms with Crippen molar-refractivity contribution in [2.75, 3.05) is 39.9 Å². The molecule has 3 heterocycles. The lowest BCUT2D eigenvalue weighted by atomic mass is 9.59. The van der Waals surface area contributed by atoms with E-state index in [1.54, 1.807) is 12.0 Å². The van der Waals surface area contributed by atoms with E-state index in [4.69, 9.17) is 14.2 Å². The molecule has 0 radical (unpaired) electrons. The topological polar surface area (TPSA) is 78.1 Å². The van der Waals surface area contributed by atoms with E-state index in [9.17, 15) is 9.90 Å². The van der Waals surface area contributed by atoms with Crippen LogP contribution in [-0.2, 0) is 14.2 Å². The lowest BCUT2D eigenvalue weighted by molar-refractivity contribution is -0.122. The van der Waals surface area contributed by atoms with Crippen LogP contribution in [0.2, 0.25) is 0 Å². The Morgan fingerprint density at radius 2 is 1.97 bits per heavy atom. The molecule has 7 atom stereocenters. The van der Waals surface area contributed by atoms with Crippen molar-refractivity contribution in [2.24, 2.45) is 11.8 Å². The first kappa shape index (κ1) is 25.9. The lowest BCUT2D eigenvalue weighted by Crippen LogP contribution is -2.63. The molecule has 0 unspecified atom stereocenters. The van der Waals surface area contributed by atoms with Crippen LogP contribution in [0, 0.1) is 11.8 Å². The summed E-state index contributed by atoms with van der Waals surface area (Å²) in [5.41, 5.74) is 0.427. The molecule has 3 saturated heterocycles. The van der Waals surface area contributed by atoms with Crippen molar-refractivity contribution in [3.8, 4) is 0 Å². The molecule has 34 heavy (non-hydrogen) atoms. The predicted octanol–water partition coefficient (Wildman–Crippen LogP) is 4.55. The Morgan fingerprint density at radius 1 is 1.26 bits per heavy atom. The Labute approximate surface area is 205 Å². The summed E-state index contributed by atoms with van der Waals surface area (Å²) >= 11 is 0. The molecule has 0 aromatic rings. The fraction of sp³-hybridized carbons (Fsp3) is 0.889. The summed E-state index contributed by atoms with van der Waals surface area (Å²) in [6.45, 7) is 15.1. The van der Waals surface area contributed by atoms with Gasteiger partial charge in [0.1, 0.15) is 5.60 Å². The van der Waals surface area contributed by atoms with Gasteiger partial charge in [0, 0.05) is 32.0 Å².